The van der Waals surface area contributed by atoms with Crippen molar-refractivity contribution in [2.45, 2.75) is 32.1 Å². The Morgan fingerprint density at radius 3 is 3.06 bits per heavy atom. The Balaban J connectivity index is 2.20. The molecule has 1 aliphatic carbocycles. The number of nitrogens with two attached hydrogens (primary N) is 1. The van der Waals surface area contributed by atoms with Gasteiger partial charge in [0.05, 0.1) is 10.7 Å². The molecule has 0 amide bonds. The molecule has 1 aliphatic rings. The predicted octanol–water partition coefficient (Wildman–Crippen LogP) is 3.83. The third kappa shape index (κ3) is 1.75. The third-order valence-corrected chi connectivity index (χ3v) is 4.60. The highest BCUT2D eigenvalue weighted by molar-refractivity contribution is 7.16. The molecule has 2 aromatic rings. The Morgan fingerprint density at radius 2 is 2.29 bits per heavy atom. The normalized spacial score (nSPS) is 19.0. The summed E-state index contributed by atoms with van der Waals surface area (Å²) < 4.78 is 0. The van der Waals surface area contributed by atoms with Crippen LogP contribution in [0, 0.1) is 0 Å². The van der Waals surface area contributed by atoms with E-state index in [0.717, 1.165) is 10.7 Å². The van der Waals surface area contributed by atoms with Crippen molar-refractivity contribution in [3.05, 3.63) is 34.8 Å². The van der Waals surface area contributed by atoms with Gasteiger partial charge < -0.3 is 5.73 Å². The van der Waals surface area contributed by atoms with E-state index in [1.165, 1.54) is 35.3 Å². The van der Waals surface area contributed by atoms with E-state index >= 15 is 0 Å². The third-order valence-electron chi connectivity index (χ3n) is 3.50. The van der Waals surface area contributed by atoms with Crippen molar-refractivity contribution in [3.63, 3.8) is 0 Å². The molecule has 0 saturated heterocycles. The Kier molecular flexibility index (Phi) is 2.63. The van der Waals surface area contributed by atoms with Crippen molar-refractivity contribution in [1.82, 2.24) is 4.98 Å². The Morgan fingerprint density at radius 1 is 1.41 bits per heavy atom. The molecule has 88 valence electrons. The van der Waals surface area contributed by atoms with E-state index in [1.54, 1.807) is 11.3 Å². The first-order valence-electron chi connectivity index (χ1n) is 6.10. The van der Waals surface area contributed by atoms with Crippen LogP contribution in [0.2, 0.25) is 0 Å². The number of anilines is 1. The number of pyridine rings is 1. The van der Waals surface area contributed by atoms with Gasteiger partial charge in [0.1, 0.15) is 0 Å². The summed E-state index contributed by atoms with van der Waals surface area (Å²) in [5, 5.41) is 0.933. The summed E-state index contributed by atoms with van der Waals surface area (Å²) >= 11 is 1.75. The maximum absolute atomic E-state index is 6.19. The van der Waals surface area contributed by atoms with E-state index in [-0.39, 0.29) is 0 Å². The number of thiophene rings is 1. The Hall–Kier alpha value is -1.35. The van der Waals surface area contributed by atoms with Gasteiger partial charge in [0, 0.05) is 16.6 Å². The first-order chi connectivity index (χ1) is 8.27. The maximum Gasteiger partial charge on any atom is 0.0957 e. The van der Waals surface area contributed by atoms with Crippen LogP contribution in [0.3, 0.4) is 0 Å². The van der Waals surface area contributed by atoms with Gasteiger partial charge in [0.2, 0.25) is 0 Å². The van der Waals surface area contributed by atoms with Gasteiger partial charge in [-0.25, -0.2) is 0 Å². The molecule has 0 spiro atoms. The minimum absolute atomic E-state index is 0.615. The van der Waals surface area contributed by atoms with Gasteiger partial charge in [-0.1, -0.05) is 13.0 Å². The smallest absolute Gasteiger partial charge is 0.0957 e. The Labute approximate surface area is 106 Å². The first-order valence-corrected chi connectivity index (χ1v) is 6.91. The SMILES string of the molecule is CC1CCCc2sc(N)c(-c3ccccn3)c21. The summed E-state index contributed by atoms with van der Waals surface area (Å²) in [6.07, 6.45) is 5.58. The predicted molar refractivity (Wildman–Crippen MR) is 73.3 cm³/mol. The van der Waals surface area contributed by atoms with Crippen LogP contribution in [0.5, 0.6) is 0 Å². The molecule has 1 atom stereocenters. The van der Waals surface area contributed by atoms with E-state index < -0.39 is 0 Å². The van der Waals surface area contributed by atoms with Crippen molar-refractivity contribution < 1.29 is 0 Å². The summed E-state index contributed by atoms with van der Waals surface area (Å²) in [4.78, 5) is 5.93. The zero-order valence-electron chi connectivity index (χ0n) is 9.94. The van der Waals surface area contributed by atoms with Crippen molar-refractivity contribution in [3.8, 4) is 11.3 Å². The lowest BCUT2D eigenvalue weighted by Crippen LogP contribution is -2.05. The highest BCUT2D eigenvalue weighted by Crippen LogP contribution is 2.46. The number of rotatable bonds is 1. The van der Waals surface area contributed by atoms with Gasteiger partial charge in [-0.15, -0.1) is 11.3 Å². The fraction of sp³-hybridized carbons (Fsp3) is 0.357. The molecule has 3 rings (SSSR count). The van der Waals surface area contributed by atoms with Gasteiger partial charge >= 0.3 is 0 Å². The molecule has 0 radical (unpaired) electrons. The summed E-state index contributed by atoms with van der Waals surface area (Å²) in [5.41, 5.74) is 9.87. The van der Waals surface area contributed by atoms with Crippen LogP contribution in [-0.2, 0) is 6.42 Å². The van der Waals surface area contributed by atoms with Crippen molar-refractivity contribution in [2.75, 3.05) is 5.73 Å². The average molecular weight is 244 g/mol. The molecule has 0 saturated carbocycles. The summed E-state index contributed by atoms with van der Waals surface area (Å²) in [6.45, 7) is 2.30. The topological polar surface area (TPSA) is 38.9 Å². The van der Waals surface area contributed by atoms with Crippen molar-refractivity contribution in [2.24, 2.45) is 0 Å². The molecule has 1 unspecified atom stereocenters. The van der Waals surface area contributed by atoms with Gasteiger partial charge in [-0.2, -0.15) is 0 Å². The van der Waals surface area contributed by atoms with E-state index in [4.69, 9.17) is 5.73 Å². The van der Waals surface area contributed by atoms with Crippen LogP contribution in [0.1, 0.15) is 36.1 Å². The van der Waals surface area contributed by atoms with Gasteiger partial charge in [0.15, 0.2) is 0 Å². The van der Waals surface area contributed by atoms with Crippen molar-refractivity contribution in [1.29, 1.82) is 0 Å². The van der Waals surface area contributed by atoms with Crippen LogP contribution < -0.4 is 5.73 Å². The van der Waals surface area contributed by atoms with E-state index in [0.29, 0.717) is 5.92 Å². The number of hydrogen-bond acceptors (Lipinski definition) is 3. The average Bonchev–Trinajstić information content (AvgIpc) is 2.68. The van der Waals surface area contributed by atoms with Gasteiger partial charge in [-0.05, 0) is 42.9 Å². The first kappa shape index (κ1) is 10.8. The largest absolute Gasteiger partial charge is 0.390 e. The standard InChI is InChI=1S/C14H16N2S/c1-9-5-4-7-11-12(9)13(14(15)17-11)10-6-2-3-8-16-10/h2-3,6,8-9H,4-5,7,15H2,1H3. The van der Waals surface area contributed by atoms with Gasteiger partial charge in [0.25, 0.3) is 0 Å². The number of nitrogens with zero attached hydrogens (tertiary/aromatic N) is 1. The molecule has 17 heavy (non-hydrogen) atoms. The minimum atomic E-state index is 0.615. The van der Waals surface area contributed by atoms with Gasteiger partial charge in [-0.3, -0.25) is 4.98 Å². The molecule has 0 aromatic carbocycles. The number of fused-ring (bicyclic) bond motifs is 1. The van der Waals surface area contributed by atoms with Crippen LogP contribution in [-0.4, -0.2) is 4.98 Å². The molecule has 0 bridgehead atoms. The number of aryl methyl sites for hydroxylation is 1. The number of hydrogen-bond donors (Lipinski definition) is 1. The highest BCUT2D eigenvalue weighted by atomic mass is 32.1. The highest BCUT2D eigenvalue weighted by Gasteiger charge is 2.25. The molecule has 2 aromatic heterocycles. The van der Waals surface area contributed by atoms with Crippen molar-refractivity contribution >= 4 is 16.3 Å². The second-order valence-corrected chi connectivity index (χ2v) is 5.82. The lowest BCUT2D eigenvalue weighted by atomic mass is 9.85. The number of aromatic nitrogens is 1. The zero-order chi connectivity index (χ0) is 11.8. The lowest BCUT2D eigenvalue weighted by Gasteiger charge is -2.20. The fourth-order valence-corrected chi connectivity index (χ4v) is 3.95. The molecule has 2 heterocycles. The van der Waals surface area contributed by atoms with Crippen LogP contribution in [0.4, 0.5) is 5.00 Å². The molecule has 3 heteroatoms. The fourth-order valence-electron chi connectivity index (χ4n) is 2.71. The zero-order valence-corrected chi connectivity index (χ0v) is 10.8. The van der Waals surface area contributed by atoms with Crippen LogP contribution >= 0.6 is 11.3 Å². The van der Waals surface area contributed by atoms with E-state index in [2.05, 4.69) is 18.0 Å². The lowest BCUT2D eigenvalue weighted by molar-refractivity contribution is 0.599. The summed E-state index contributed by atoms with van der Waals surface area (Å²) in [6, 6.07) is 6.03. The molecule has 0 aliphatic heterocycles. The van der Waals surface area contributed by atoms with Crippen LogP contribution in [0.15, 0.2) is 24.4 Å². The summed E-state index contributed by atoms with van der Waals surface area (Å²) in [7, 11) is 0. The number of nitrogen functional groups attached to an aromatic ring is 1. The van der Waals surface area contributed by atoms with E-state index in [9.17, 15) is 0 Å². The molecular weight excluding hydrogens is 228 g/mol. The van der Waals surface area contributed by atoms with Crippen LogP contribution in [0.25, 0.3) is 11.3 Å². The quantitative estimate of drug-likeness (QED) is 0.828. The second-order valence-electron chi connectivity index (χ2n) is 4.69. The summed E-state index contributed by atoms with van der Waals surface area (Å²) in [5.74, 6) is 0.615. The second kappa shape index (κ2) is 4.15. The maximum atomic E-state index is 6.19. The molecule has 2 nitrogen and oxygen atoms in total. The molecular formula is C14H16N2S. The Bertz CT molecular complexity index is 531. The molecule has 0 fully saturated rings. The molecule has 2 N–H and O–H groups in total. The monoisotopic (exact) mass is 244 g/mol. The van der Waals surface area contributed by atoms with E-state index in [1.807, 2.05) is 18.3 Å². The minimum Gasteiger partial charge on any atom is -0.390 e.